The van der Waals surface area contributed by atoms with Gasteiger partial charge in [-0.25, -0.2) is 0 Å². The van der Waals surface area contributed by atoms with Crippen LogP contribution in [0, 0.1) is 17.2 Å². The molecule has 0 saturated carbocycles. The van der Waals surface area contributed by atoms with E-state index in [1.165, 1.54) is 0 Å². The molecule has 1 aromatic rings. The number of nitrogens with one attached hydrogen (secondary N) is 1. The van der Waals surface area contributed by atoms with E-state index < -0.39 is 5.92 Å². The Morgan fingerprint density at radius 2 is 2.47 bits per heavy atom. The minimum Gasteiger partial charge on any atom is -0.355 e. The molecule has 4 nitrogen and oxygen atoms in total. The van der Waals surface area contributed by atoms with E-state index >= 15 is 0 Å². The molecular formula is C13H17N3O. The quantitative estimate of drug-likeness (QED) is 0.810. The number of carbonyl (C=O) groups is 1. The molecule has 1 unspecified atom stereocenters. The molecule has 0 fully saturated rings. The molecule has 1 N–H and O–H groups in total. The molecule has 0 aromatic carbocycles. The summed E-state index contributed by atoms with van der Waals surface area (Å²) in [6.07, 6.45) is 5.70. The van der Waals surface area contributed by atoms with Crippen LogP contribution in [0.4, 0.5) is 0 Å². The van der Waals surface area contributed by atoms with Gasteiger partial charge in [0.25, 0.3) is 0 Å². The average molecular weight is 231 g/mol. The van der Waals surface area contributed by atoms with Crippen LogP contribution >= 0.6 is 0 Å². The van der Waals surface area contributed by atoms with Gasteiger partial charge in [0.1, 0.15) is 5.92 Å². The Morgan fingerprint density at radius 1 is 1.65 bits per heavy atom. The van der Waals surface area contributed by atoms with Crippen LogP contribution in [0.2, 0.25) is 0 Å². The third kappa shape index (κ3) is 4.64. The molecule has 90 valence electrons. The number of hydrogen-bond acceptors (Lipinski definition) is 3. The lowest BCUT2D eigenvalue weighted by Crippen LogP contribution is -2.31. The highest BCUT2D eigenvalue weighted by molar-refractivity contribution is 5.80. The molecule has 1 heterocycles. The smallest absolute Gasteiger partial charge is 0.237 e. The van der Waals surface area contributed by atoms with Gasteiger partial charge in [-0.3, -0.25) is 9.78 Å². The van der Waals surface area contributed by atoms with Crippen LogP contribution < -0.4 is 5.32 Å². The monoisotopic (exact) mass is 231 g/mol. The van der Waals surface area contributed by atoms with Gasteiger partial charge < -0.3 is 5.32 Å². The highest BCUT2D eigenvalue weighted by Crippen LogP contribution is 2.04. The first-order chi connectivity index (χ1) is 8.27. The molecule has 0 aliphatic rings. The van der Waals surface area contributed by atoms with Gasteiger partial charge in [0.2, 0.25) is 5.91 Å². The van der Waals surface area contributed by atoms with Crippen LogP contribution in [-0.2, 0) is 11.2 Å². The van der Waals surface area contributed by atoms with Crippen molar-refractivity contribution >= 4 is 5.91 Å². The maximum atomic E-state index is 11.6. The van der Waals surface area contributed by atoms with Gasteiger partial charge in [-0.1, -0.05) is 19.4 Å². The zero-order valence-corrected chi connectivity index (χ0v) is 10.0. The molecule has 17 heavy (non-hydrogen) atoms. The summed E-state index contributed by atoms with van der Waals surface area (Å²) in [6.45, 7) is 2.51. The first-order valence-electron chi connectivity index (χ1n) is 5.84. The fraction of sp³-hybridized carbons (Fsp3) is 0.462. The normalized spacial score (nSPS) is 11.5. The van der Waals surface area contributed by atoms with Gasteiger partial charge in [-0.05, 0) is 24.5 Å². The summed E-state index contributed by atoms with van der Waals surface area (Å²) in [7, 11) is 0. The van der Waals surface area contributed by atoms with Crippen LogP contribution in [0.15, 0.2) is 24.5 Å². The van der Waals surface area contributed by atoms with Crippen LogP contribution in [0.3, 0.4) is 0 Å². The van der Waals surface area contributed by atoms with Crippen molar-refractivity contribution in [3.05, 3.63) is 30.1 Å². The molecule has 0 radical (unpaired) electrons. The predicted molar refractivity (Wildman–Crippen MR) is 65.0 cm³/mol. The molecule has 1 aromatic heterocycles. The van der Waals surface area contributed by atoms with Crippen LogP contribution in [0.1, 0.15) is 25.3 Å². The average Bonchev–Trinajstić information content (AvgIpc) is 2.37. The number of nitriles is 1. The maximum Gasteiger partial charge on any atom is 0.237 e. The highest BCUT2D eigenvalue weighted by atomic mass is 16.1. The Kier molecular flexibility index (Phi) is 5.73. The summed E-state index contributed by atoms with van der Waals surface area (Å²) >= 11 is 0. The standard InChI is InChI=1S/C13H17N3O/c1-2-4-12(9-14)13(17)16-8-6-11-5-3-7-15-10-11/h3,5,7,10,12H,2,4,6,8H2,1H3,(H,16,17). The van der Waals surface area contributed by atoms with Gasteiger partial charge in [0.15, 0.2) is 0 Å². The van der Waals surface area contributed by atoms with E-state index in [0.717, 1.165) is 18.4 Å². The van der Waals surface area contributed by atoms with Crippen molar-refractivity contribution in [1.29, 1.82) is 5.26 Å². The molecule has 0 saturated heterocycles. The number of amides is 1. The molecule has 0 bridgehead atoms. The zero-order valence-electron chi connectivity index (χ0n) is 10.0. The summed E-state index contributed by atoms with van der Waals surface area (Å²) in [5, 5.41) is 11.6. The number of aromatic nitrogens is 1. The second-order valence-corrected chi connectivity index (χ2v) is 3.87. The van der Waals surface area contributed by atoms with Gasteiger partial charge in [-0.2, -0.15) is 5.26 Å². The minimum absolute atomic E-state index is 0.168. The number of hydrogen-bond donors (Lipinski definition) is 1. The van der Waals surface area contributed by atoms with Gasteiger partial charge in [0.05, 0.1) is 6.07 Å². The third-order valence-electron chi connectivity index (χ3n) is 2.49. The van der Waals surface area contributed by atoms with Crippen molar-refractivity contribution in [2.24, 2.45) is 5.92 Å². The van der Waals surface area contributed by atoms with Crippen molar-refractivity contribution < 1.29 is 4.79 Å². The lowest BCUT2D eigenvalue weighted by Gasteiger charge is -2.08. The molecule has 1 rings (SSSR count). The summed E-state index contributed by atoms with van der Waals surface area (Å²) in [4.78, 5) is 15.6. The Bertz CT molecular complexity index is 383. The van der Waals surface area contributed by atoms with E-state index in [4.69, 9.17) is 5.26 Å². The van der Waals surface area contributed by atoms with Crippen LogP contribution in [0.5, 0.6) is 0 Å². The predicted octanol–water partition coefficient (Wildman–Crippen LogP) is 1.68. The topological polar surface area (TPSA) is 65.8 Å². The Labute approximate surface area is 102 Å². The first kappa shape index (κ1) is 13.2. The summed E-state index contributed by atoms with van der Waals surface area (Å²) < 4.78 is 0. The molecular weight excluding hydrogens is 214 g/mol. The van der Waals surface area contributed by atoms with Crippen molar-refractivity contribution in [2.75, 3.05) is 6.54 Å². The fourth-order valence-electron chi connectivity index (χ4n) is 1.54. The van der Waals surface area contributed by atoms with Crippen LogP contribution in [-0.4, -0.2) is 17.4 Å². The Hall–Kier alpha value is -1.89. The van der Waals surface area contributed by atoms with E-state index in [0.29, 0.717) is 13.0 Å². The maximum absolute atomic E-state index is 11.6. The molecule has 0 aliphatic heterocycles. The van der Waals surface area contributed by atoms with Crippen molar-refractivity contribution in [1.82, 2.24) is 10.3 Å². The molecule has 4 heteroatoms. The molecule has 1 amide bonds. The van der Waals surface area contributed by atoms with E-state index in [1.54, 1.807) is 12.4 Å². The second-order valence-electron chi connectivity index (χ2n) is 3.87. The van der Waals surface area contributed by atoms with Crippen molar-refractivity contribution in [3.63, 3.8) is 0 Å². The summed E-state index contributed by atoms with van der Waals surface area (Å²) in [6, 6.07) is 5.86. The minimum atomic E-state index is -0.520. The lowest BCUT2D eigenvalue weighted by molar-refractivity contribution is -0.123. The second kappa shape index (κ2) is 7.39. The summed E-state index contributed by atoms with van der Waals surface area (Å²) in [5.41, 5.74) is 1.08. The van der Waals surface area contributed by atoms with Crippen LogP contribution in [0.25, 0.3) is 0 Å². The highest BCUT2D eigenvalue weighted by Gasteiger charge is 2.15. The Morgan fingerprint density at radius 3 is 3.06 bits per heavy atom. The molecule has 1 atom stereocenters. The molecule has 0 spiro atoms. The number of carbonyl (C=O) groups excluding carboxylic acids is 1. The summed E-state index contributed by atoms with van der Waals surface area (Å²) in [5.74, 6) is -0.688. The zero-order chi connectivity index (χ0) is 12.5. The van der Waals surface area contributed by atoms with E-state index in [2.05, 4.69) is 10.3 Å². The lowest BCUT2D eigenvalue weighted by atomic mass is 10.0. The third-order valence-corrected chi connectivity index (χ3v) is 2.49. The molecule has 0 aliphatic carbocycles. The SMILES string of the molecule is CCCC(C#N)C(=O)NCCc1cccnc1. The largest absolute Gasteiger partial charge is 0.355 e. The fourth-order valence-corrected chi connectivity index (χ4v) is 1.54. The van der Waals surface area contributed by atoms with E-state index in [9.17, 15) is 4.79 Å². The van der Waals surface area contributed by atoms with E-state index in [-0.39, 0.29) is 5.91 Å². The van der Waals surface area contributed by atoms with Gasteiger partial charge in [-0.15, -0.1) is 0 Å². The number of nitrogens with zero attached hydrogens (tertiary/aromatic N) is 2. The van der Waals surface area contributed by atoms with Crippen molar-refractivity contribution in [3.8, 4) is 6.07 Å². The van der Waals surface area contributed by atoms with Crippen molar-refractivity contribution in [2.45, 2.75) is 26.2 Å². The van der Waals surface area contributed by atoms with Gasteiger partial charge >= 0.3 is 0 Å². The Balaban J connectivity index is 2.31. The van der Waals surface area contributed by atoms with E-state index in [1.807, 2.05) is 25.1 Å². The number of rotatable bonds is 6. The van der Waals surface area contributed by atoms with Gasteiger partial charge in [0, 0.05) is 18.9 Å². The first-order valence-corrected chi connectivity index (χ1v) is 5.84. The number of pyridine rings is 1.